The van der Waals surface area contributed by atoms with Crippen LogP contribution in [0.2, 0.25) is 0 Å². The van der Waals surface area contributed by atoms with Gasteiger partial charge in [-0.3, -0.25) is 4.84 Å². The van der Waals surface area contributed by atoms with E-state index >= 15 is 0 Å². The molecule has 17 heavy (non-hydrogen) atoms. The van der Waals surface area contributed by atoms with Crippen LogP contribution in [0.1, 0.15) is 25.0 Å². The van der Waals surface area contributed by atoms with Crippen molar-refractivity contribution in [2.45, 2.75) is 26.7 Å². The van der Waals surface area contributed by atoms with Crippen molar-refractivity contribution >= 4 is 17.3 Å². The zero-order valence-corrected chi connectivity index (χ0v) is 11.5. The Morgan fingerprint density at radius 2 is 1.76 bits per heavy atom. The van der Waals surface area contributed by atoms with Crippen molar-refractivity contribution in [3.8, 4) is 0 Å². The maximum atomic E-state index is 5.65. The highest BCUT2D eigenvalue weighted by Crippen LogP contribution is 2.27. The Balaban J connectivity index is 3.12. The van der Waals surface area contributed by atoms with Crippen LogP contribution in [0.3, 0.4) is 0 Å². The van der Waals surface area contributed by atoms with Gasteiger partial charge < -0.3 is 4.74 Å². The number of para-hydroxylation sites is 1. The Bertz CT molecular complexity index is 316. The molecule has 0 saturated carbocycles. The van der Waals surface area contributed by atoms with Crippen LogP contribution in [0.15, 0.2) is 18.2 Å². The third kappa shape index (κ3) is 3.60. The van der Waals surface area contributed by atoms with E-state index in [2.05, 4.69) is 32.0 Å². The summed E-state index contributed by atoms with van der Waals surface area (Å²) in [6, 6.07) is 6.40. The van der Waals surface area contributed by atoms with Crippen molar-refractivity contribution in [3.05, 3.63) is 29.3 Å². The number of hydrogen-bond acceptors (Lipinski definition) is 3. The van der Waals surface area contributed by atoms with Gasteiger partial charge in [0.25, 0.3) is 0 Å². The first-order valence-corrected chi connectivity index (χ1v) is 6.38. The van der Waals surface area contributed by atoms with Crippen LogP contribution in [0, 0.1) is 0 Å². The average molecular weight is 258 g/mol. The zero-order chi connectivity index (χ0) is 12.7. The molecule has 1 rings (SSSR count). The van der Waals surface area contributed by atoms with Gasteiger partial charge in [-0.2, -0.15) is 0 Å². The second kappa shape index (κ2) is 7.54. The molecule has 0 fully saturated rings. The number of nitrogens with zero attached hydrogens (tertiary/aromatic N) is 1. The Morgan fingerprint density at radius 3 is 2.18 bits per heavy atom. The van der Waals surface area contributed by atoms with Gasteiger partial charge >= 0.3 is 0 Å². The molecule has 0 amide bonds. The fourth-order valence-electron chi connectivity index (χ4n) is 1.88. The minimum atomic E-state index is 0.116. The molecule has 0 aromatic heterocycles. The van der Waals surface area contributed by atoms with Gasteiger partial charge in [-0.15, -0.1) is 0 Å². The highest BCUT2D eigenvalue weighted by molar-refractivity contribution is 6.17. The Labute approximate surface area is 108 Å². The first-order chi connectivity index (χ1) is 8.28. The summed E-state index contributed by atoms with van der Waals surface area (Å²) in [7, 11) is 1.64. The maximum absolute atomic E-state index is 5.65. The van der Waals surface area contributed by atoms with E-state index in [0.717, 1.165) is 18.5 Å². The third-order valence-electron chi connectivity index (χ3n) is 2.67. The first-order valence-electron chi connectivity index (χ1n) is 5.84. The normalized spacial score (nSPS) is 10.6. The minimum Gasteiger partial charge on any atom is -0.362 e. The molecule has 0 atom stereocenters. The number of anilines is 1. The van der Waals surface area contributed by atoms with E-state index < -0.39 is 0 Å². The van der Waals surface area contributed by atoms with Crippen LogP contribution < -0.4 is 5.06 Å². The zero-order valence-electron chi connectivity index (χ0n) is 10.7. The van der Waals surface area contributed by atoms with E-state index in [1.165, 1.54) is 11.1 Å². The average Bonchev–Trinajstić information content (AvgIpc) is 2.37. The number of rotatable bonds is 7. The molecule has 0 spiro atoms. The highest BCUT2D eigenvalue weighted by atomic mass is 35.5. The molecule has 4 heteroatoms. The molecule has 0 N–H and O–H groups in total. The van der Waals surface area contributed by atoms with Gasteiger partial charge in [-0.25, -0.2) is 5.06 Å². The van der Waals surface area contributed by atoms with E-state index in [4.69, 9.17) is 21.2 Å². The van der Waals surface area contributed by atoms with Crippen molar-refractivity contribution in [2.75, 3.05) is 25.0 Å². The molecule has 96 valence electrons. The molecular formula is C13H20ClNO2. The number of aryl methyl sites for hydroxylation is 2. The second-order valence-electron chi connectivity index (χ2n) is 3.67. The summed E-state index contributed by atoms with van der Waals surface area (Å²) in [6.45, 7) is 4.63. The maximum Gasteiger partial charge on any atom is 0.149 e. The predicted molar refractivity (Wildman–Crippen MR) is 71.4 cm³/mol. The molecule has 0 radical (unpaired) electrons. The van der Waals surface area contributed by atoms with Gasteiger partial charge in [0, 0.05) is 7.11 Å². The molecule has 0 saturated heterocycles. The summed E-state index contributed by atoms with van der Waals surface area (Å²) in [6.07, 6.45) is 1.91. The van der Waals surface area contributed by atoms with Crippen molar-refractivity contribution in [1.82, 2.24) is 0 Å². The number of benzene rings is 1. The van der Waals surface area contributed by atoms with E-state index in [-0.39, 0.29) is 6.07 Å². The van der Waals surface area contributed by atoms with Crippen molar-refractivity contribution in [2.24, 2.45) is 0 Å². The van der Waals surface area contributed by atoms with Crippen molar-refractivity contribution in [3.63, 3.8) is 0 Å². The molecule has 3 nitrogen and oxygen atoms in total. The number of halogens is 1. The monoisotopic (exact) mass is 257 g/mol. The van der Waals surface area contributed by atoms with Gasteiger partial charge in [0.05, 0.1) is 5.69 Å². The topological polar surface area (TPSA) is 21.7 Å². The standard InChI is InChI=1S/C13H20ClNO2/c1-4-11-7-6-8-12(5-2)13(11)15(10-16-3)17-9-14/h6-8H,4-5,9-10H2,1-3H3. The van der Waals surface area contributed by atoms with Crippen molar-refractivity contribution in [1.29, 1.82) is 0 Å². The summed E-state index contributed by atoms with van der Waals surface area (Å²) >= 11 is 5.65. The summed E-state index contributed by atoms with van der Waals surface area (Å²) in [5.74, 6) is 0. The van der Waals surface area contributed by atoms with Gasteiger partial charge in [0.15, 0.2) is 0 Å². The van der Waals surface area contributed by atoms with E-state index in [9.17, 15) is 0 Å². The predicted octanol–water partition coefficient (Wildman–Crippen LogP) is 3.35. The van der Waals surface area contributed by atoms with E-state index in [1.54, 1.807) is 12.2 Å². The molecule has 1 aromatic carbocycles. The quantitative estimate of drug-likeness (QED) is 0.425. The molecule has 0 unspecified atom stereocenters. The van der Waals surface area contributed by atoms with Crippen molar-refractivity contribution < 1.29 is 9.57 Å². The van der Waals surface area contributed by atoms with Crippen LogP contribution in [0.4, 0.5) is 5.69 Å². The highest BCUT2D eigenvalue weighted by Gasteiger charge is 2.14. The summed E-state index contributed by atoms with van der Waals surface area (Å²) in [4.78, 5) is 5.43. The third-order valence-corrected chi connectivity index (χ3v) is 2.76. The van der Waals surface area contributed by atoms with Gasteiger partial charge in [-0.05, 0) is 24.0 Å². The smallest absolute Gasteiger partial charge is 0.149 e. The largest absolute Gasteiger partial charge is 0.362 e. The fourth-order valence-corrected chi connectivity index (χ4v) is 2.00. The lowest BCUT2D eigenvalue weighted by atomic mass is 10.0. The lowest BCUT2D eigenvalue weighted by Gasteiger charge is -2.26. The van der Waals surface area contributed by atoms with Gasteiger partial charge in [0.1, 0.15) is 12.8 Å². The van der Waals surface area contributed by atoms with Crippen LogP contribution in [0.5, 0.6) is 0 Å². The van der Waals surface area contributed by atoms with Gasteiger partial charge in [-0.1, -0.05) is 43.6 Å². The summed E-state index contributed by atoms with van der Waals surface area (Å²) in [5.41, 5.74) is 3.57. The molecule has 1 aromatic rings. The number of methoxy groups -OCH3 is 1. The lowest BCUT2D eigenvalue weighted by Crippen LogP contribution is -2.27. The second-order valence-corrected chi connectivity index (χ2v) is 3.88. The van der Waals surface area contributed by atoms with Crippen LogP contribution in [-0.2, 0) is 22.4 Å². The molecule has 0 aliphatic heterocycles. The number of hydroxylamine groups is 1. The summed E-state index contributed by atoms with van der Waals surface area (Å²) < 4.78 is 5.15. The van der Waals surface area contributed by atoms with Crippen LogP contribution >= 0.6 is 11.6 Å². The van der Waals surface area contributed by atoms with E-state index in [0.29, 0.717) is 6.73 Å². The van der Waals surface area contributed by atoms with Crippen LogP contribution in [0.25, 0.3) is 0 Å². The molecule has 0 bridgehead atoms. The minimum absolute atomic E-state index is 0.116. The Morgan fingerprint density at radius 1 is 1.18 bits per heavy atom. The molecular weight excluding hydrogens is 238 g/mol. The fraction of sp³-hybridized carbons (Fsp3) is 0.538. The van der Waals surface area contributed by atoms with Gasteiger partial charge in [0.2, 0.25) is 0 Å². The molecule has 0 heterocycles. The Hall–Kier alpha value is -0.770. The van der Waals surface area contributed by atoms with Crippen LogP contribution in [-0.4, -0.2) is 19.9 Å². The summed E-state index contributed by atoms with van der Waals surface area (Å²) in [5, 5.41) is 1.73. The SMILES string of the molecule is CCc1cccc(CC)c1N(COC)OCCl. The molecule has 0 aliphatic rings. The first kappa shape index (κ1) is 14.3. The van der Waals surface area contributed by atoms with E-state index in [1.807, 2.05) is 0 Å². The lowest BCUT2D eigenvalue weighted by molar-refractivity contribution is 0.0641. The number of ether oxygens (including phenoxy) is 1. The Kier molecular flexibility index (Phi) is 6.34. The number of hydrogen-bond donors (Lipinski definition) is 0. The molecule has 0 aliphatic carbocycles. The number of alkyl halides is 1.